The lowest BCUT2D eigenvalue weighted by Crippen LogP contribution is -1.95. The molecule has 1 aromatic heterocycles. The van der Waals surface area contributed by atoms with E-state index in [1.165, 1.54) is 5.56 Å². The SMILES string of the molecule is Cc1cccc(-n2ncc3ccc(Cl)cc32)c1. The van der Waals surface area contributed by atoms with Crippen LogP contribution in [-0.2, 0) is 0 Å². The second kappa shape index (κ2) is 3.90. The van der Waals surface area contributed by atoms with Gasteiger partial charge in [-0.25, -0.2) is 4.68 Å². The van der Waals surface area contributed by atoms with Gasteiger partial charge in [-0.2, -0.15) is 5.10 Å². The summed E-state index contributed by atoms with van der Waals surface area (Å²) in [6, 6.07) is 14.0. The molecule has 0 saturated carbocycles. The van der Waals surface area contributed by atoms with Crippen LogP contribution in [0.5, 0.6) is 0 Å². The normalized spacial score (nSPS) is 10.9. The van der Waals surface area contributed by atoms with Crippen LogP contribution in [0.4, 0.5) is 0 Å². The zero-order valence-electron chi connectivity index (χ0n) is 9.39. The molecule has 0 aliphatic rings. The third kappa shape index (κ3) is 1.81. The fourth-order valence-electron chi connectivity index (χ4n) is 1.96. The van der Waals surface area contributed by atoms with Crippen LogP contribution in [0.25, 0.3) is 16.6 Å². The molecule has 3 rings (SSSR count). The van der Waals surface area contributed by atoms with Crippen LogP contribution in [0.2, 0.25) is 5.02 Å². The first kappa shape index (κ1) is 10.4. The Morgan fingerprint density at radius 1 is 1.12 bits per heavy atom. The molecule has 0 atom stereocenters. The van der Waals surface area contributed by atoms with Crippen molar-refractivity contribution in [3.8, 4) is 5.69 Å². The number of hydrogen-bond donors (Lipinski definition) is 0. The predicted octanol–water partition coefficient (Wildman–Crippen LogP) is 3.99. The molecule has 17 heavy (non-hydrogen) atoms. The third-order valence-corrected chi connectivity index (χ3v) is 3.01. The van der Waals surface area contributed by atoms with Gasteiger partial charge >= 0.3 is 0 Å². The van der Waals surface area contributed by atoms with Gasteiger partial charge in [0.1, 0.15) is 0 Å². The highest BCUT2D eigenvalue weighted by atomic mass is 35.5. The zero-order chi connectivity index (χ0) is 11.8. The molecule has 0 aliphatic carbocycles. The summed E-state index contributed by atoms with van der Waals surface area (Å²) in [7, 11) is 0. The minimum absolute atomic E-state index is 0.729. The Labute approximate surface area is 104 Å². The first-order valence-electron chi connectivity index (χ1n) is 5.44. The molecule has 0 unspecified atom stereocenters. The third-order valence-electron chi connectivity index (χ3n) is 2.78. The lowest BCUT2D eigenvalue weighted by Gasteiger charge is -2.04. The number of benzene rings is 2. The largest absolute Gasteiger partial charge is 0.233 e. The van der Waals surface area contributed by atoms with E-state index in [9.17, 15) is 0 Å². The first-order chi connectivity index (χ1) is 8.24. The smallest absolute Gasteiger partial charge is 0.0755 e. The molecule has 0 bridgehead atoms. The Morgan fingerprint density at radius 3 is 2.82 bits per heavy atom. The molecule has 3 heteroatoms. The highest BCUT2D eigenvalue weighted by Gasteiger charge is 2.05. The van der Waals surface area contributed by atoms with E-state index < -0.39 is 0 Å². The summed E-state index contributed by atoms with van der Waals surface area (Å²) in [4.78, 5) is 0. The number of halogens is 1. The van der Waals surface area contributed by atoms with Crippen LogP contribution in [0.15, 0.2) is 48.7 Å². The number of rotatable bonds is 1. The zero-order valence-corrected chi connectivity index (χ0v) is 10.1. The van der Waals surface area contributed by atoms with E-state index in [4.69, 9.17) is 11.6 Å². The van der Waals surface area contributed by atoms with Crippen LogP contribution in [0, 0.1) is 6.92 Å². The molecular weight excluding hydrogens is 232 g/mol. The van der Waals surface area contributed by atoms with Gasteiger partial charge in [0.15, 0.2) is 0 Å². The van der Waals surface area contributed by atoms with Gasteiger partial charge in [-0.15, -0.1) is 0 Å². The summed E-state index contributed by atoms with van der Waals surface area (Å²) in [6.45, 7) is 2.07. The van der Waals surface area contributed by atoms with Crippen molar-refractivity contribution in [3.05, 3.63) is 59.2 Å². The van der Waals surface area contributed by atoms with Crippen molar-refractivity contribution in [1.82, 2.24) is 9.78 Å². The lowest BCUT2D eigenvalue weighted by molar-refractivity contribution is 0.909. The number of nitrogens with zero attached hydrogens (tertiary/aromatic N) is 2. The molecule has 0 N–H and O–H groups in total. The summed E-state index contributed by atoms with van der Waals surface area (Å²) >= 11 is 6.03. The number of fused-ring (bicyclic) bond motifs is 1. The molecule has 0 aliphatic heterocycles. The van der Waals surface area contributed by atoms with Gasteiger partial charge in [0, 0.05) is 10.4 Å². The average Bonchev–Trinajstić information content (AvgIpc) is 2.71. The Morgan fingerprint density at radius 2 is 2.00 bits per heavy atom. The molecule has 2 aromatic carbocycles. The average molecular weight is 243 g/mol. The lowest BCUT2D eigenvalue weighted by atomic mass is 10.2. The van der Waals surface area contributed by atoms with Crippen molar-refractivity contribution in [2.24, 2.45) is 0 Å². The van der Waals surface area contributed by atoms with E-state index in [0.717, 1.165) is 21.6 Å². The summed E-state index contributed by atoms with van der Waals surface area (Å²) in [6.07, 6.45) is 1.86. The van der Waals surface area contributed by atoms with Gasteiger partial charge in [0.2, 0.25) is 0 Å². The van der Waals surface area contributed by atoms with E-state index in [1.807, 2.05) is 41.2 Å². The number of aromatic nitrogens is 2. The molecule has 1 heterocycles. The van der Waals surface area contributed by atoms with Crippen LogP contribution in [-0.4, -0.2) is 9.78 Å². The summed E-state index contributed by atoms with van der Waals surface area (Å²) in [5.74, 6) is 0. The maximum atomic E-state index is 6.03. The minimum Gasteiger partial charge on any atom is -0.233 e. The number of aryl methyl sites for hydroxylation is 1. The maximum absolute atomic E-state index is 6.03. The van der Waals surface area contributed by atoms with Crippen LogP contribution < -0.4 is 0 Å². The van der Waals surface area contributed by atoms with Crippen molar-refractivity contribution >= 4 is 22.5 Å². The van der Waals surface area contributed by atoms with Crippen molar-refractivity contribution < 1.29 is 0 Å². The van der Waals surface area contributed by atoms with Crippen LogP contribution in [0.3, 0.4) is 0 Å². The molecular formula is C14H11ClN2. The summed E-state index contributed by atoms with van der Waals surface area (Å²) in [5.41, 5.74) is 3.30. The Kier molecular flexibility index (Phi) is 2.37. The van der Waals surface area contributed by atoms with Crippen molar-refractivity contribution in [3.63, 3.8) is 0 Å². The van der Waals surface area contributed by atoms with Gasteiger partial charge in [0.25, 0.3) is 0 Å². The van der Waals surface area contributed by atoms with Gasteiger partial charge in [-0.1, -0.05) is 23.7 Å². The molecule has 84 valence electrons. The van der Waals surface area contributed by atoms with E-state index in [-0.39, 0.29) is 0 Å². The monoisotopic (exact) mass is 242 g/mol. The van der Waals surface area contributed by atoms with Crippen molar-refractivity contribution in [2.45, 2.75) is 6.92 Å². The van der Waals surface area contributed by atoms with Gasteiger partial charge in [-0.3, -0.25) is 0 Å². The summed E-state index contributed by atoms with van der Waals surface area (Å²) in [5, 5.41) is 6.23. The highest BCUT2D eigenvalue weighted by molar-refractivity contribution is 6.31. The fourth-order valence-corrected chi connectivity index (χ4v) is 2.12. The molecule has 0 spiro atoms. The Bertz CT molecular complexity index is 686. The van der Waals surface area contributed by atoms with E-state index >= 15 is 0 Å². The number of hydrogen-bond acceptors (Lipinski definition) is 1. The van der Waals surface area contributed by atoms with E-state index in [2.05, 4.69) is 24.2 Å². The Balaban J connectivity index is 2.27. The fraction of sp³-hybridized carbons (Fsp3) is 0.0714. The second-order valence-corrected chi connectivity index (χ2v) is 4.53. The van der Waals surface area contributed by atoms with Crippen molar-refractivity contribution in [1.29, 1.82) is 0 Å². The molecule has 0 fully saturated rings. The second-order valence-electron chi connectivity index (χ2n) is 4.10. The molecule has 3 aromatic rings. The van der Waals surface area contributed by atoms with Gasteiger partial charge in [0.05, 0.1) is 17.4 Å². The first-order valence-corrected chi connectivity index (χ1v) is 5.82. The minimum atomic E-state index is 0.729. The van der Waals surface area contributed by atoms with Crippen LogP contribution >= 0.6 is 11.6 Å². The van der Waals surface area contributed by atoms with E-state index in [1.54, 1.807) is 0 Å². The quantitative estimate of drug-likeness (QED) is 0.631. The van der Waals surface area contributed by atoms with E-state index in [0.29, 0.717) is 0 Å². The molecule has 2 nitrogen and oxygen atoms in total. The maximum Gasteiger partial charge on any atom is 0.0755 e. The van der Waals surface area contributed by atoms with Crippen molar-refractivity contribution in [2.75, 3.05) is 0 Å². The predicted molar refractivity (Wildman–Crippen MR) is 70.8 cm³/mol. The molecule has 0 radical (unpaired) electrons. The Hall–Kier alpha value is -1.80. The van der Waals surface area contributed by atoms with Gasteiger partial charge < -0.3 is 0 Å². The molecule has 0 amide bonds. The van der Waals surface area contributed by atoms with Crippen LogP contribution in [0.1, 0.15) is 5.56 Å². The molecule has 0 saturated heterocycles. The standard InChI is InChI=1S/C14H11ClN2/c1-10-3-2-4-13(7-10)17-14-8-12(15)6-5-11(14)9-16-17/h2-9H,1H3. The topological polar surface area (TPSA) is 17.8 Å². The highest BCUT2D eigenvalue weighted by Crippen LogP contribution is 2.22. The van der Waals surface area contributed by atoms with Gasteiger partial charge in [-0.05, 0) is 42.8 Å². The summed E-state index contributed by atoms with van der Waals surface area (Å²) < 4.78 is 1.91.